The van der Waals surface area contributed by atoms with Crippen molar-refractivity contribution in [3.63, 3.8) is 0 Å². The minimum atomic E-state index is -0.915. The van der Waals surface area contributed by atoms with Gasteiger partial charge in [0.05, 0.1) is 12.5 Å². The van der Waals surface area contributed by atoms with Gasteiger partial charge in [-0.05, 0) is 55.7 Å². The first-order valence-corrected chi connectivity index (χ1v) is 9.33. The van der Waals surface area contributed by atoms with Crippen molar-refractivity contribution in [1.29, 1.82) is 0 Å². The summed E-state index contributed by atoms with van der Waals surface area (Å²) >= 11 is 0. The molecule has 1 heterocycles. The maximum atomic E-state index is 11.7. The quantitative estimate of drug-likeness (QED) is 0.667. The van der Waals surface area contributed by atoms with E-state index in [1.54, 1.807) is 7.11 Å². The minimum absolute atomic E-state index is 0.229. The number of ether oxygens (including phenoxy) is 1. The van der Waals surface area contributed by atoms with Gasteiger partial charge < -0.3 is 14.3 Å². The van der Waals surface area contributed by atoms with Crippen LogP contribution in [0, 0.1) is 12.8 Å². The van der Waals surface area contributed by atoms with Crippen molar-refractivity contribution in [2.24, 2.45) is 10.9 Å². The molecule has 5 nitrogen and oxygen atoms in total. The molecule has 1 aromatic heterocycles. The van der Waals surface area contributed by atoms with Crippen LogP contribution in [0.4, 0.5) is 0 Å². The van der Waals surface area contributed by atoms with Gasteiger partial charge in [-0.25, -0.2) is 4.79 Å². The maximum Gasteiger partial charge on any atom is 0.328 e. The molecular formula is C23H25NO4. The fourth-order valence-corrected chi connectivity index (χ4v) is 3.11. The molecule has 0 fully saturated rings. The normalized spacial score (nSPS) is 13.1. The summed E-state index contributed by atoms with van der Waals surface area (Å²) in [5.41, 5.74) is 2.61. The van der Waals surface area contributed by atoms with E-state index in [4.69, 9.17) is 9.15 Å². The van der Waals surface area contributed by atoms with Crippen molar-refractivity contribution in [1.82, 2.24) is 0 Å². The third kappa shape index (κ3) is 4.42. The SMILES string of the molecule is COc1ccc(-c2cc(=N[C@H](CC(C)C)C(=O)O)c3cc(C)ccc3o2)cc1. The number of aliphatic carboxylic acids is 1. The van der Waals surface area contributed by atoms with Crippen molar-refractivity contribution in [3.8, 4) is 17.1 Å². The highest BCUT2D eigenvalue weighted by atomic mass is 16.5. The Kier molecular flexibility index (Phi) is 5.83. The average Bonchev–Trinajstić information content (AvgIpc) is 2.67. The monoisotopic (exact) mass is 379 g/mol. The number of aryl methyl sites for hydroxylation is 1. The van der Waals surface area contributed by atoms with Crippen LogP contribution in [0.5, 0.6) is 5.75 Å². The molecule has 28 heavy (non-hydrogen) atoms. The minimum Gasteiger partial charge on any atom is -0.497 e. The molecule has 0 aliphatic rings. The number of carboxylic acids is 1. The van der Waals surface area contributed by atoms with Crippen LogP contribution in [0.25, 0.3) is 22.3 Å². The Balaban J connectivity index is 2.22. The molecule has 146 valence electrons. The van der Waals surface area contributed by atoms with Crippen molar-refractivity contribution in [2.75, 3.05) is 7.11 Å². The summed E-state index contributed by atoms with van der Waals surface area (Å²) in [6.07, 6.45) is 0.479. The molecule has 0 aliphatic carbocycles. The molecule has 1 atom stereocenters. The Hall–Kier alpha value is -3.08. The number of benzene rings is 2. The zero-order chi connectivity index (χ0) is 20.3. The second-order valence-electron chi connectivity index (χ2n) is 7.34. The molecule has 5 heteroatoms. The molecule has 3 aromatic rings. The molecule has 3 rings (SSSR count). The largest absolute Gasteiger partial charge is 0.497 e. The second-order valence-corrected chi connectivity index (χ2v) is 7.34. The molecule has 0 spiro atoms. The van der Waals surface area contributed by atoms with E-state index in [0.29, 0.717) is 23.1 Å². The first-order chi connectivity index (χ1) is 13.4. The molecule has 0 radical (unpaired) electrons. The molecule has 0 unspecified atom stereocenters. The lowest BCUT2D eigenvalue weighted by Gasteiger charge is -2.11. The summed E-state index contributed by atoms with van der Waals surface area (Å²) in [5, 5.41) is 11.1. The van der Waals surface area contributed by atoms with Gasteiger partial charge in [-0.15, -0.1) is 0 Å². The van der Waals surface area contributed by atoms with Gasteiger partial charge in [-0.1, -0.05) is 25.5 Å². The Morgan fingerprint density at radius 3 is 2.46 bits per heavy atom. The lowest BCUT2D eigenvalue weighted by molar-refractivity contribution is -0.138. The summed E-state index contributed by atoms with van der Waals surface area (Å²) in [7, 11) is 1.62. The van der Waals surface area contributed by atoms with Gasteiger partial charge in [0.2, 0.25) is 0 Å². The van der Waals surface area contributed by atoms with Gasteiger partial charge in [0.25, 0.3) is 0 Å². The van der Waals surface area contributed by atoms with Crippen molar-refractivity contribution < 1.29 is 19.1 Å². The molecule has 2 aromatic carbocycles. The lowest BCUT2D eigenvalue weighted by Crippen LogP contribution is -2.23. The smallest absolute Gasteiger partial charge is 0.328 e. The van der Waals surface area contributed by atoms with E-state index in [1.165, 1.54) is 0 Å². The summed E-state index contributed by atoms with van der Waals surface area (Å²) < 4.78 is 11.3. The number of hydrogen-bond donors (Lipinski definition) is 1. The topological polar surface area (TPSA) is 72.0 Å². The van der Waals surface area contributed by atoms with Crippen molar-refractivity contribution in [3.05, 3.63) is 59.5 Å². The van der Waals surface area contributed by atoms with Crippen LogP contribution in [-0.4, -0.2) is 24.2 Å². The Labute approximate surface area is 164 Å². The van der Waals surface area contributed by atoms with Crippen LogP contribution in [0.15, 0.2) is 57.9 Å². The summed E-state index contributed by atoms with van der Waals surface area (Å²) in [4.78, 5) is 16.3. The third-order valence-corrected chi connectivity index (χ3v) is 4.55. The van der Waals surface area contributed by atoms with Gasteiger partial charge in [0.1, 0.15) is 23.1 Å². The number of hydrogen-bond acceptors (Lipinski definition) is 4. The van der Waals surface area contributed by atoms with E-state index >= 15 is 0 Å². The standard InChI is InChI=1S/C23H25NO4/c1-14(2)11-20(23(25)26)24-19-13-22(16-6-8-17(27-4)9-7-16)28-21-10-5-15(3)12-18(19)21/h5-10,12-14,20H,11H2,1-4H3,(H,25,26)/t20-/m1/s1. The first kappa shape index (κ1) is 19.7. The molecular weight excluding hydrogens is 354 g/mol. The zero-order valence-corrected chi connectivity index (χ0v) is 16.6. The highest BCUT2D eigenvalue weighted by Crippen LogP contribution is 2.25. The number of fused-ring (bicyclic) bond motifs is 1. The third-order valence-electron chi connectivity index (χ3n) is 4.55. The number of methoxy groups -OCH3 is 1. The molecule has 0 amide bonds. The molecule has 0 saturated carbocycles. The lowest BCUT2D eigenvalue weighted by atomic mass is 10.0. The van der Waals surface area contributed by atoms with Crippen LogP contribution >= 0.6 is 0 Å². The van der Waals surface area contributed by atoms with E-state index < -0.39 is 12.0 Å². The van der Waals surface area contributed by atoms with E-state index in [9.17, 15) is 9.90 Å². The Morgan fingerprint density at radius 2 is 1.86 bits per heavy atom. The second kappa shape index (κ2) is 8.30. The van der Waals surface area contributed by atoms with Gasteiger partial charge >= 0.3 is 5.97 Å². The van der Waals surface area contributed by atoms with E-state index in [2.05, 4.69) is 4.99 Å². The van der Waals surface area contributed by atoms with E-state index in [0.717, 1.165) is 22.3 Å². The number of carbonyl (C=O) groups is 1. The van der Waals surface area contributed by atoms with Crippen LogP contribution in [-0.2, 0) is 4.79 Å². The summed E-state index contributed by atoms with van der Waals surface area (Å²) in [6.45, 7) is 5.98. The van der Waals surface area contributed by atoms with Gasteiger partial charge in [-0.2, -0.15) is 0 Å². The Bertz CT molecular complexity index is 1050. The molecule has 0 saturated heterocycles. The van der Waals surface area contributed by atoms with Gasteiger partial charge in [0.15, 0.2) is 0 Å². The van der Waals surface area contributed by atoms with Crippen LogP contribution < -0.4 is 10.1 Å². The number of nitrogens with zero attached hydrogens (tertiary/aromatic N) is 1. The van der Waals surface area contributed by atoms with Gasteiger partial charge in [-0.3, -0.25) is 4.99 Å². The first-order valence-electron chi connectivity index (χ1n) is 9.33. The highest BCUT2D eigenvalue weighted by Gasteiger charge is 2.18. The zero-order valence-electron chi connectivity index (χ0n) is 16.6. The maximum absolute atomic E-state index is 11.7. The summed E-state index contributed by atoms with van der Waals surface area (Å²) in [5.74, 6) is 0.702. The fraction of sp³-hybridized carbons (Fsp3) is 0.304. The highest BCUT2D eigenvalue weighted by molar-refractivity contribution is 5.80. The van der Waals surface area contributed by atoms with Crippen LogP contribution in [0.2, 0.25) is 0 Å². The predicted octanol–water partition coefficient (Wildman–Crippen LogP) is 4.82. The number of carboxylic acid groups (broad SMARTS) is 1. The Morgan fingerprint density at radius 1 is 1.14 bits per heavy atom. The van der Waals surface area contributed by atoms with Crippen LogP contribution in [0.1, 0.15) is 25.8 Å². The summed E-state index contributed by atoms with van der Waals surface area (Å²) in [6, 6.07) is 14.4. The van der Waals surface area contributed by atoms with Crippen molar-refractivity contribution in [2.45, 2.75) is 33.2 Å². The molecule has 1 N–H and O–H groups in total. The van der Waals surface area contributed by atoms with E-state index in [1.807, 2.05) is 69.3 Å². The van der Waals surface area contributed by atoms with Crippen LogP contribution in [0.3, 0.4) is 0 Å². The number of rotatable bonds is 6. The fourth-order valence-electron chi connectivity index (χ4n) is 3.11. The average molecular weight is 379 g/mol. The van der Waals surface area contributed by atoms with E-state index in [-0.39, 0.29) is 5.92 Å². The molecule has 0 bridgehead atoms. The van der Waals surface area contributed by atoms with Crippen molar-refractivity contribution >= 4 is 16.9 Å². The van der Waals surface area contributed by atoms with Gasteiger partial charge in [0, 0.05) is 17.0 Å². The predicted molar refractivity (Wildman–Crippen MR) is 109 cm³/mol. The molecule has 0 aliphatic heterocycles.